The summed E-state index contributed by atoms with van der Waals surface area (Å²) in [5.41, 5.74) is 3.87. The lowest BCUT2D eigenvalue weighted by molar-refractivity contribution is 0.333. The van der Waals surface area contributed by atoms with Crippen LogP contribution in [0.3, 0.4) is 0 Å². The molecule has 0 unspecified atom stereocenters. The molecule has 0 aliphatic heterocycles. The lowest BCUT2D eigenvalue weighted by atomic mass is 10.0. The van der Waals surface area contributed by atoms with E-state index in [0.29, 0.717) is 0 Å². The Hall–Kier alpha value is -1.02. The lowest BCUT2D eigenvalue weighted by Gasteiger charge is -2.14. The Kier molecular flexibility index (Phi) is 4.63. The molecule has 1 aromatic rings. The fourth-order valence-electron chi connectivity index (χ4n) is 1.65. The highest BCUT2D eigenvalue weighted by molar-refractivity contribution is 5.45. The van der Waals surface area contributed by atoms with Crippen LogP contribution in [-0.4, -0.2) is 20.2 Å². The van der Waals surface area contributed by atoms with Gasteiger partial charge < -0.3 is 10.1 Å². The quantitative estimate of drug-likeness (QED) is 0.801. The first kappa shape index (κ1) is 12.1. The number of aryl methyl sites for hydroxylation is 1. The molecule has 84 valence electrons. The molecule has 0 heterocycles. The Labute approximate surface area is 92.6 Å². The van der Waals surface area contributed by atoms with Crippen LogP contribution in [0.15, 0.2) is 12.1 Å². The molecule has 0 fully saturated rings. The Morgan fingerprint density at radius 3 is 2.60 bits per heavy atom. The highest BCUT2D eigenvalue weighted by Gasteiger charge is 2.08. The molecule has 0 saturated heterocycles. The third kappa shape index (κ3) is 2.96. The van der Waals surface area contributed by atoms with E-state index in [9.17, 15) is 0 Å². The molecular formula is C13H21NO. The molecule has 0 radical (unpaired) electrons. The number of likely N-dealkylation sites (N-methyl/N-ethyl adjacent to an activating group) is 1. The summed E-state index contributed by atoms with van der Waals surface area (Å²) in [5.74, 6) is 1.08. The van der Waals surface area contributed by atoms with E-state index in [2.05, 4.69) is 31.3 Å². The van der Waals surface area contributed by atoms with Gasteiger partial charge in [0.05, 0.1) is 6.61 Å². The monoisotopic (exact) mass is 207 g/mol. The number of benzene rings is 1. The molecule has 0 bridgehead atoms. The van der Waals surface area contributed by atoms with Crippen molar-refractivity contribution in [3.63, 3.8) is 0 Å². The summed E-state index contributed by atoms with van der Waals surface area (Å²) < 4.78 is 5.72. The number of hydrogen-bond acceptors (Lipinski definition) is 2. The smallest absolute Gasteiger partial charge is 0.125 e. The first-order valence-electron chi connectivity index (χ1n) is 5.57. The lowest BCUT2D eigenvalue weighted by Crippen LogP contribution is -2.11. The van der Waals surface area contributed by atoms with Gasteiger partial charge in [-0.3, -0.25) is 0 Å². The van der Waals surface area contributed by atoms with Gasteiger partial charge in [0.25, 0.3) is 0 Å². The van der Waals surface area contributed by atoms with Crippen molar-refractivity contribution >= 4 is 0 Å². The van der Waals surface area contributed by atoms with Crippen molar-refractivity contribution in [1.29, 1.82) is 0 Å². The number of hydrogen-bond donors (Lipinski definition) is 1. The van der Waals surface area contributed by atoms with Crippen LogP contribution < -0.4 is 10.1 Å². The third-order valence-electron chi connectivity index (χ3n) is 2.69. The zero-order valence-electron chi connectivity index (χ0n) is 10.2. The summed E-state index contributed by atoms with van der Waals surface area (Å²) >= 11 is 0. The molecular weight excluding hydrogens is 186 g/mol. The summed E-state index contributed by atoms with van der Waals surface area (Å²) in [6.07, 6.45) is 1.02. The van der Waals surface area contributed by atoms with E-state index in [1.165, 1.54) is 16.7 Å². The minimum Gasteiger partial charge on any atom is -0.493 e. The average Bonchev–Trinajstić information content (AvgIpc) is 2.24. The topological polar surface area (TPSA) is 21.3 Å². The summed E-state index contributed by atoms with van der Waals surface area (Å²) in [6, 6.07) is 4.34. The molecule has 1 aromatic carbocycles. The van der Waals surface area contributed by atoms with Gasteiger partial charge in [-0.2, -0.15) is 0 Å². The van der Waals surface area contributed by atoms with Gasteiger partial charge in [-0.05, 0) is 57.5 Å². The molecule has 0 aromatic heterocycles. The van der Waals surface area contributed by atoms with E-state index in [1.807, 2.05) is 14.0 Å². The van der Waals surface area contributed by atoms with Crippen molar-refractivity contribution in [2.45, 2.75) is 27.2 Å². The minimum absolute atomic E-state index is 0.733. The van der Waals surface area contributed by atoms with Crippen molar-refractivity contribution < 1.29 is 4.74 Å². The van der Waals surface area contributed by atoms with Gasteiger partial charge in [0.15, 0.2) is 0 Å². The molecule has 0 spiro atoms. The highest BCUT2D eigenvalue weighted by Crippen LogP contribution is 2.26. The second-order valence-corrected chi connectivity index (χ2v) is 3.78. The van der Waals surface area contributed by atoms with E-state index in [0.717, 1.165) is 25.3 Å². The van der Waals surface area contributed by atoms with Crippen LogP contribution in [-0.2, 0) is 6.42 Å². The normalized spacial score (nSPS) is 10.4. The van der Waals surface area contributed by atoms with Gasteiger partial charge in [0, 0.05) is 0 Å². The van der Waals surface area contributed by atoms with E-state index >= 15 is 0 Å². The zero-order valence-corrected chi connectivity index (χ0v) is 10.2. The minimum atomic E-state index is 0.733. The molecule has 0 aliphatic carbocycles. The van der Waals surface area contributed by atoms with E-state index in [-0.39, 0.29) is 0 Å². The van der Waals surface area contributed by atoms with Gasteiger partial charge >= 0.3 is 0 Å². The van der Waals surface area contributed by atoms with Crippen molar-refractivity contribution in [1.82, 2.24) is 5.32 Å². The first-order valence-corrected chi connectivity index (χ1v) is 5.57. The molecule has 0 amide bonds. The SMILES string of the molecule is CCOc1c(CCNC)ccc(C)c1C. The van der Waals surface area contributed by atoms with Crippen LogP contribution >= 0.6 is 0 Å². The Morgan fingerprint density at radius 1 is 1.27 bits per heavy atom. The zero-order chi connectivity index (χ0) is 11.3. The van der Waals surface area contributed by atoms with Gasteiger partial charge in [0.1, 0.15) is 5.75 Å². The summed E-state index contributed by atoms with van der Waals surface area (Å²) in [6.45, 7) is 8.01. The van der Waals surface area contributed by atoms with Crippen molar-refractivity contribution in [2.75, 3.05) is 20.2 Å². The fourth-order valence-corrected chi connectivity index (χ4v) is 1.65. The van der Waals surface area contributed by atoms with Gasteiger partial charge in [-0.15, -0.1) is 0 Å². The van der Waals surface area contributed by atoms with Crippen molar-refractivity contribution in [3.8, 4) is 5.75 Å². The second-order valence-electron chi connectivity index (χ2n) is 3.78. The Balaban J connectivity index is 2.97. The van der Waals surface area contributed by atoms with Crippen LogP contribution in [0.1, 0.15) is 23.6 Å². The average molecular weight is 207 g/mol. The maximum Gasteiger partial charge on any atom is 0.125 e. The maximum atomic E-state index is 5.72. The summed E-state index contributed by atoms with van der Waals surface area (Å²) in [7, 11) is 1.97. The second kappa shape index (κ2) is 5.76. The standard InChI is InChI=1S/C13H21NO/c1-5-15-13-11(3)10(2)6-7-12(13)8-9-14-4/h6-7,14H,5,8-9H2,1-4H3. The van der Waals surface area contributed by atoms with Crippen LogP contribution in [0.4, 0.5) is 0 Å². The van der Waals surface area contributed by atoms with Crippen LogP contribution in [0.2, 0.25) is 0 Å². The van der Waals surface area contributed by atoms with E-state index < -0.39 is 0 Å². The number of ether oxygens (including phenoxy) is 1. The predicted molar refractivity (Wildman–Crippen MR) is 64.7 cm³/mol. The maximum absolute atomic E-state index is 5.72. The van der Waals surface area contributed by atoms with E-state index in [1.54, 1.807) is 0 Å². The van der Waals surface area contributed by atoms with Crippen molar-refractivity contribution in [2.24, 2.45) is 0 Å². The van der Waals surface area contributed by atoms with Crippen LogP contribution in [0.5, 0.6) is 5.75 Å². The van der Waals surface area contributed by atoms with Gasteiger partial charge in [-0.1, -0.05) is 12.1 Å². The molecule has 0 atom stereocenters. The van der Waals surface area contributed by atoms with E-state index in [4.69, 9.17) is 4.74 Å². The third-order valence-corrected chi connectivity index (χ3v) is 2.69. The molecule has 1 N–H and O–H groups in total. The molecule has 1 rings (SSSR count). The molecule has 15 heavy (non-hydrogen) atoms. The van der Waals surface area contributed by atoms with Gasteiger partial charge in [0.2, 0.25) is 0 Å². The Bertz CT molecular complexity index is 321. The summed E-state index contributed by atoms with van der Waals surface area (Å²) in [5, 5.41) is 3.16. The summed E-state index contributed by atoms with van der Waals surface area (Å²) in [4.78, 5) is 0. The first-order chi connectivity index (χ1) is 7.20. The highest BCUT2D eigenvalue weighted by atomic mass is 16.5. The molecule has 2 heteroatoms. The Morgan fingerprint density at radius 2 is 2.00 bits per heavy atom. The fraction of sp³-hybridized carbons (Fsp3) is 0.538. The number of nitrogens with one attached hydrogen (secondary N) is 1. The molecule has 2 nitrogen and oxygen atoms in total. The molecule has 0 aliphatic rings. The van der Waals surface area contributed by atoms with Gasteiger partial charge in [-0.25, -0.2) is 0 Å². The molecule has 0 saturated carbocycles. The largest absolute Gasteiger partial charge is 0.493 e. The van der Waals surface area contributed by atoms with Crippen molar-refractivity contribution in [3.05, 3.63) is 28.8 Å². The van der Waals surface area contributed by atoms with Crippen LogP contribution in [0, 0.1) is 13.8 Å². The predicted octanol–water partition coefficient (Wildman–Crippen LogP) is 2.46. The number of rotatable bonds is 5. The van der Waals surface area contributed by atoms with Crippen LogP contribution in [0.25, 0.3) is 0 Å².